The molecule has 0 aromatic heterocycles. The largest absolute Gasteiger partial charge is 0.457 e. The van der Waals surface area contributed by atoms with Crippen molar-refractivity contribution >= 4 is 15.6 Å². The van der Waals surface area contributed by atoms with E-state index < -0.39 is 27.6 Å². The van der Waals surface area contributed by atoms with E-state index in [0.29, 0.717) is 5.56 Å². The number of ketones is 1. The van der Waals surface area contributed by atoms with Gasteiger partial charge in [0.2, 0.25) is 0 Å². The summed E-state index contributed by atoms with van der Waals surface area (Å²) in [7, 11) is -3.69. The molecule has 0 saturated carbocycles. The second-order valence-corrected chi connectivity index (χ2v) is 7.77. The summed E-state index contributed by atoms with van der Waals surface area (Å²) in [6.45, 7) is 1.69. The molecule has 4 nitrogen and oxygen atoms in total. The molecule has 0 radical (unpaired) electrons. The fourth-order valence-electron chi connectivity index (χ4n) is 2.80. The minimum Gasteiger partial charge on any atom is -0.457 e. The minimum atomic E-state index is -3.69. The van der Waals surface area contributed by atoms with Crippen molar-refractivity contribution in [2.75, 3.05) is 6.26 Å². The molecule has 0 fully saturated rings. The Labute approximate surface area is 138 Å². The normalized spacial score (nSPS) is 17.0. The van der Waals surface area contributed by atoms with Crippen LogP contribution >= 0.6 is 0 Å². The van der Waals surface area contributed by atoms with Crippen molar-refractivity contribution in [3.8, 4) is 11.5 Å². The smallest absolute Gasteiger partial charge is 0.198 e. The number of hydrogen-bond acceptors (Lipinski definition) is 4. The van der Waals surface area contributed by atoms with E-state index in [1.54, 1.807) is 13.0 Å². The number of hydrogen-bond donors (Lipinski definition) is 0. The van der Waals surface area contributed by atoms with Crippen LogP contribution < -0.4 is 4.74 Å². The first-order valence-corrected chi connectivity index (χ1v) is 9.05. The third kappa shape index (κ3) is 2.91. The molecule has 24 heavy (non-hydrogen) atoms. The molecule has 0 amide bonds. The van der Waals surface area contributed by atoms with Gasteiger partial charge in [-0.05, 0) is 36.8 Å². The van der Waals surface area contributed by atoms with Gasteiger partial charge in [0.15, 0.2) is 21.8 Å². The van der Waals surface area contributed by atoms with Gasteiger partial charge in [0.1, 0.15) is 17.3 Å². The lowest BCUT2D eigenvalue weighted by atomic mass is 10.1. The number of rotatable bonds is 3. The Morgan fingerprint density at radius 3 is 2.54 bits per heavy atom. The van der Waals surface area contributed by atoms with Crippen molar-refractivity contribution < 1.29 is 26.7 Å². The molecule has 3 rings (SSSR count). The Hall–Kier alpha value is -2.28. The highest BCUT2D eigenvalue weighted by molar-refractivity contribution is 7.90. The quantitative estimate of drug-likeness (QED) is 0.849. The maximum Gasteiger partial charge on any atom is 0.198 e. The molecule has 0 spiro atoms. The lowest BCUT2D eigenvalue weighted by Gasteiger charge is -2.13. The number of ether oxygens (including phenoxy) is 1. The number of sulfone groups is 1. The third-order valence-electron chi connectivity index (χ3n) is 3.79. The first-order valence-electron chi connectivity index (χ1n) is 7.16. The highest BCUT2D eigenvalue weighted by atomic mass is 32.2. The molecule has 1 aliphatic rings. The Bertz CT molecular complexity index is 931. The molecule has 2 aromatic rings. The molecule has 1 atom stereocenters. The number of halogens is 2. The highest BCUT2D eigenvalue weighted by Gasteiger charge is 2.37. The van der Waals surface area contributed by atoms with E-state index in [-0.39, 0.29) is 33.9 Å². The maximum absolute atomic E-state index is 13.9. The van der Waals surface area contributed by atoms with Crippen molar-refractivity contribution in [2.45, 2.75) is 24.4 Å². The summed E-state index contributed by atoms with van der Waals surface area (Å²) in [4.78, 5) is 11.8. The van der Waals surface area contributed by atoms with Crippen LogP contribution in [0.4, 0.5) is 8.78 Å². The molecule has 0 saturated heterocycles. The summed E-state index contributed by atoms with van der Waals surface area (Å²) in [6.07, 6.45) is -1.11. The average molecular weight is 352 g/mol. The summed E-state index contributed by atoms with van der Waals surface area (Å²) in [5.74, 6) is -1.02. The minimum absolute atomic E-state index is 0.149. The number of benzene rings is 2. The zero-order chi connectivity index (χ0) is 17.6. The van der Waals surface area contributed by atoms with Gasteiger partial charge in [0.05, 0.1) is 4.90 Å². The van der Waals surface area contributed by atoms with E-state index in [9.17, 15) is 22.0 Å². The molecule has 0 bridgehead atoms. The van der Waals surface area contributed by atoms with Gasteiger partial charge in [-0.3, -0.25) is 4.79 Å². The van der Waals surface area contributed by atoms with Gasteiger partial charge in [0, 0.05) is 29.9 Å². The average Bonchev–Trinajstić information content (AvgIpc) is 2.74. The van der Waals surface area contributed by atoms with Gasteiger partial charge >= 0.3 is 0 Å². The van der Waals surface area contributed by atoms with Gasteiger partial charge in [-0.1, -0.05) is 0 Å². The van der Waals surface area contributed by atoms with E-state index in [1.165, 1.54) is 18.2 Å². The summed E-state index contributed by atoms with van der Waals surface area (Å²) in [5.41, 5.74) is 0.654. The number of alkyl halides is 1. The van der Waals surface area contributed by atoms with E-state index in [1.807, 2.05) is 0 Å². The molecule has 0 aliphatic heterocycles. The summed E-state index contributed by atoms with van der Waals surface area (Å²) >= 11 is 0. The number of aryl methyl sites for hydroxylation is 1. The fraction of sp³-hybridized carbons (Fsp3) is 0.235. The van der Waals surface area contributed by atoms with Crippen LogP contribution in [0.1, 0.15) is 21.5 Å². The zero-order valence-corrected chi connectivity index (χ0v) is 13.8. The Kier molecular flexibility index (Phi) is 3.91. The topological polar surface area (TPSA) is 60.4 Å². The van der Waals surface area contributed by atoms with Crippen molar-refractivity contribution in [2.24, 2.45) is 0 Å². The molecule has 126 valence electrons. The Morgan fingerprint density at radius 2 is 1.92 bits per heavy atom. The van der Waals surface area contributed by atoms with E-state index in [0.717, 1.165) is 12.3 Å². The predicted octanol–water partition coefficient (Wildman–Crippen LogP) is 3.41. The maximum atomic E-state index is 13.9. The van der Waals surface area contributed by atoms with Gasteiger partial charge in [-0.2, -0.15) is 0 Å². The second kappa shape index (κ2) is 5.66. The molecule has 0 heterocycles. The monoisotopic (exact) mass is 352 g/mol. The van der Waals surface area contributed by atoms with Crippen LogP contribution in [0.15, 0.2) is 35.2 Å². The third-order valence-corrected chi connectivity index (χ3v) is 4.93. The Morgan fingerprint density at radius 1 is 1.21 bits per heavy atom. The standard InChI is InChI=1S/C17H14F2O4S/c1-9-5-10(18)7-11(6-9)23-14-3-4-15(24(2,21)22)16-12(14)8-13(19)17(16)20/h3-7,13H,8H2,1-2H3. The highest BCUT2D eigenvalue weighted by Crippen LogP contribution is 2.38. The fourth-order valence-corrected chi connectivity index (χ4v) is 3.71. The molecular formula is C17H14F2O4S. The summed E-state index contributed by atoms with van der Waals surface area (Å²) in [5, 5.41) is 0. The lowest BCUT2D eigenvalue weighted by Crippen LogP contribution is -2.12. The van der Waals surface area contributed by atoms with Crippen LogP contribution in [0, 0.1) is 12.7 Å². The van der Waals surface area contributed by atoms with Crippen molar-refractivity contribution in [3.05, 3.63) is 52.8 Å². The van der Waals surface area contributed by atoms with E-state index >= 15 is 0 Å². The zero-order valence-electron chi connectivity index (χ0n) is 13.0. The predicted molar refractivity (Wildman–Crippen MR) is 83.7 cm³/mol. The molecule has 1 aliphatic carbocycles. The molecule has 0 N–H and O–H groups in total. The summed E-state index contributed by atoms with van der Waals surface area (Å²) < 4.78 is 56.6. The molecular weight excluding hydrogens is 338 g/mol. The van der Waals surface area contributed by atoms with Crippen LogP contribution in [0.25, 0.3) is 0 Å². The van der Waals surface area contributed by atoms with Gasteiger partial charge < -0.3 is 4.74 Å². The van der Waals surface area contributed by atoms with Crippen LogP contribution in [-0.2, 0) is 16.3 Å². The molecule has 1 unspecified atom stereocenters. The van der Waals surface area contributed by atoms with Crippen LogP contribution in [-0.4, -0.2) is 26.6 Å². The SMILES string of the molecule is Cc1cc(F)cc(Oc2ccc(S(C)(=O)=O)c3c2CC(F)C3=O)c1. The van der Waals surface area contributed by atoms with Crippen LogP contribution in [0.5, 0.6) is 11.5 Å². The van der Waals surface area contributed by atoms with E-state index in [4.69, 9.17) is 4.74 Å². The molecule has 2 aromatic carbocycles. The first kappa shape index (κ1) is 16.6. The Balaban J connectivity index is 2.13. The van der Waals surface area contributed by atoms with Gasteiger partial charge in [-0.25, -0.2) is 17.2 Å². The van der Waals surface area contributed by atoms with E-state index in [2.05, 4.69) is 0 Å². The van der Waals surface area contributed by atoms with Crippen molar-refractivity contribution in [1.29, 1.82) is 0 Å². The van der Waals surface area contributed by atoms with Crippen molar-refractivity contribution in [3.63, 3.8) is 0 Å². The number of Topliss-reactive ketones (excluding diaryl/α,β-unsaturated/α-hetero) is 1. The number of carbonyl (C=O) groups is 1. The van der Waals surface area contributed by atoms with Gasteiger partial charge in [-0.15, -0.1) is 0 Å². The number of carbonyl (C=O) groups excluding carboxylic acids is 1. The number of fused-ring (bicyclic) bond motifs is 1. The lowest BCUT2D eigenvalue weighted by molar-refractivity contribution is 0.0896. The summed E-state index contributed by atoms with van der Waals surface area (Å²) in [6, 6.07) is 6.65. The van der Waals surface area contributed by atoms with Crippen LogP contribution in [0.2, 0.25) is 0 Å². The first-order chi connectivity index (χ1) is 11.2. The van der Waals surface area contributed by atoms with Gasteiger partial charge in [0.25, 0.3) is 0 Å². The van der Waals surface area contributed by atoms with Crippen LogP contribution in [0.3, 0.4) is 0 Å². The molecule has 7 heteroatoms. The second-order valence-electron chi connectivity index (χ2n) is 5.79. The van der Waals surface area contributed by atoms with Crippen molar-refractivity contribution in [1.82, 2.24) is 0 Å².